The average molecular weight is 294 g/mol. The van der Waals surface area contributed by atoms with E-state index < -0.39 is 5.82 Å². The fourth-order valence-electron chi connectivity index (χ4n) is 2.67. The number of anilines is 1. The van der Waals surface area contributed by atoms with Crippen LogP contribution in [0.3, 0.4) is 0 Å². The number of hydrogen-bond donors (Lipinski definition) is 1. The van der Waals surface area contributed by atoms with E-state index in [0.717, 1.165) is 5.69 Å². The number of nitrogens with zero attached hydrogens (tertiary/aromatic N) is 2. The normalized spacial score (nSPS) is 16.4. The average Bonchev–Trinajstić information content (AvgIpc) is 3.21. The minimum absolute atomic E-state index is 0.107. The zero-order chi connectivity index (χ0) is 14.4. The van der Waals surface area contributed by atoms with Crippen LogP contribution in [0.5, 0.6) is 0 Å². The molecule has 0 amide bonds. The quantitative estimate of drug-likeness (QED) is 0.930. The van der Waals surface area contributed by atoms with Crippen LogP contribution in [0.2, 0.25) is 5.02 Å². The molecule has 1 aliphatic carbocycles. The second-order valence-electron chi connectivity index (χ2n) is 5.50. The molecule has 2 N–H and O–H groups in total. The van der Waals surface area contributed by atoms with Gasteiger partial charge in [0.1, 0.15) is 11.6 Å². The third-order valence-corrected chi connectivity index (χ3v) is 4.39. The van der Waals surface area contributed by atoms with E-state index >= 15 is 0 Å². The molecule has 2 aromatic rings. The zero-order valence-electron chi connectivity index (χ0n) is 11.5. The van der Waals surface area contributed by atoms with Crippen LogP contribution in [0.1, 0.15) is 31.4 Å². The first kappa shape index (κ1) is 13.4. The second-order valence-corrected chi connectivity index (χ2v) is 5.90. The van der Waals surface area contributed by atoms with Gasteiger partial charge >= 0.3 is 0 Å². The maximum absolute atomic E-state index is 14.3. The van der Waals surface area contributed by atoms with Gasteiger partial charge in [-0.2, -0.15) is 5.10 Å². The Hall–Kier alpha value is -1.55. The molecule has 1 saturated carbocycles. The first-order valence-electron chi connectivity index (χ1n) is 6.77. The summed E-state index contributed by atoms with van der Waals surface area (Å²) in [6.07, 6.45) is 2.41. The highest BCUT2D eigenvalue weighted by atomic mass is 35.5. The summed E-state index contributed by atoms with van der Waals surface area (Å²) in [4.78, 5) is 0. The SMILES string of the molecule is CC(c1nn(C)c(N)c1-c1cccc(Cl)c1F)C1CC1. The van der Waals surface area contributed by atoms with Crippen LogP contribution in [0.4, 0.5) is 10.2 Å². The van der Waals surface area contributed by atoms with Crippen molar-refractivity contribution in [3.8, 4) is 11.1 Å². The summed E-state index contributed by atoms with van der Waals surface area (Å²) in [5.74, 6) is 0.962. The largest absolute Gasteiger partial charge is 0.383 e. The number of rotatable bonds is 3. The van der Waals surface area contributed by atoms with Gasteiger partial charge in [-0.25, -0.2) is 4.39 Å². The van der Waals surface area contributed by atoms with Crippen LogP contribution in [-0.2, 0) is 7.05 Å². The van der Waals surface area contributed by atoms with Crippen molar-refractivity contribution < 1.29 is 4.39 Å². The van der Waals surface area contributed by atoms with Crippen molar-refractivity contribution in [1.29, 1.82) is 0 Å². The summed E-state index contributed by atoms with van der Waals surface area (Å²) in [7, 11) is 1.78. The number of aryl methyl sites for hydroxylation is 1. The molecule has 5 heteroatoms. The van der Waals surface area contributed by atoms with Gasteiger partial charge in [0, 0.05) is 18.5 Å². The number of hydrogen-bond acceptors (Lipinski definition) is 2. The maximum atomic E-state index is 14.3. The van der Waals surface area contributed by atoms with Gasteiger partial charge in [0.05, 0.1) is 16.3 Å². The van der Waals surface area contributed by atoms with Crippen LogP contribution >= 0.6 is 11.6 Å². The van der Waals surface area contributed by atoms with E-state index in [1.807, 2.05) is 0 Å². The molecular formula is C15H17ClFN3. The fraction of sp³-hybridized carbons (Fsp3) is 0.400. The van der Waals surface area contributed by atoms with Crippen molar-refractivity contribution in [2.75, 3.05) is 5.73 Å². The van der Waals surface area contributed by atoms with Crippen LogP contribution in [0.25, 0.3) is 11.1 Å². The number of nitrogen functional groups attached to an aromatic ring is 1. The fourth-order valence-corrected chi connectivity index (χ4v) is 2.84. The highest BCUT2D eigenvalue weighted by Gasteiger charge is 2.34. The Bertz CT molecular complexity index is 661. The first-order valence-corrected chi connectivity index (χ1v) is 7.15. The van der Waals surface area contributed by atoms with Crippen LogP contribution in [-0.4, -0.2) is 9.78 Å². The zero-order valence-corrected chi connectivity index (χ0v) is 12.3. The lowest BCUT2D eigenvalue weighted by Gasteiger charge is -2.11. The Balaban J connectivity index is 2.19. The van der Waals surface area contributed by atoms with Gasteiger partial charge in [0.25, 0.3) is 0 Å². The van der Waals surface area contributed by atoms with Crippen molar-refractivity contribution in [3.05, 3.63) is 34.7 Å². The van der Waals surface area contributed by atoms with Crippen LogP contribution < -0.4 is 5.73 Å². The molecule has 1 aromatic carbocycles. The van der Waals surface area contributed by atoms with E-state index in [4.69, 9.17) is 17.3 Å². The molecule has 0 aliphatic heterocycles. The van der Waals surface area contributed by atoms with E-state index in [1.165, 1.54) is 18.9 Å². The molecule has 1 atom stereocenters. The summed E-state index contributed by atoms with van der Waals surface area (Å²) in [6.45, 7) is 2.13. The number of halogens is 2. The Kier molecular flexibility index (Phi) is 3.21. The Morgan fingerprint density at radius 1 is 1.45 bits per heavy atom. The molecule has 1 unspecified atom stereocenters. The molecule has 1 aromatic heterocycles. The topological polar surface area (TPSA) is 43.8 Å². The van der Waals surface area contributed by atoms with Gasteiger partial charge in [-0.05, 0) is 24.8 Å². The Morgan fingerprint density at radius 2 is 2.15 bits per heavy atom. The number of nitrogens with two attached hydrogens (primary N) is 1. The standard InChI is InChI=1S/C15H17ClFN3/c1-8(9-6-7-9)14-12(15(18)20(2)19-14)10-4-3-5-11(16)13(10)17/h3-5,8-9H,6-7,18H2,1-2H3. The van der Waals surface area contributed by atoms with Gasteiger partial charge < -0.3 is 5.73 Å². The lowest BCUT2D eigenvalue weighted by atomic mass is 9.94. The minimum Gasteiger partial charge on any atom is -0.383 e. The first-order chi connectivity index (χ1) is 9.50. The molecule has 0 spiro atoms. The van der Waals surface area contributed by atoms with Crippen LogP contribution in [0.15, 0.2) is 18.2 Å². The summed E-state index contributed by atoms with van der Waals surface area (Å²) < 4.78 is 15.9. The van der Waals surface area contributed by atoms with Gasteiger partial charge in [0.2, 0.25) is 0 Å². The van der Waals surface area contributed by atoms with E-state index in [9.17, 15) is 4.39 Å². The Labute approximate surface area is 122 Å². The van der Waals surface area contributed by atoms with Crippen molar-refractivity contribution in [3.63, 3.8) is 0 Å². The van der Waals surface area contributed by atoms with E-state index in [1.54, 1.807) is 23.9 Å². The van der Waals surface area contributed by atoms with E-state index in [0.29, 0.717) is 22.9 Å². The predicted octanol–water partition coefficient (Wildman–Crippen LogP) is 3.98. The molecule has 106 valence electrons. The highest BCUT2D eigenvalue weighted by Crippen LogP contribution is 2.46. The van der Waals surface area contributed by atoms with Crippen molar-refractivity contribution in [1.82, 2.24) is 9.78 Å². The third-order valence-electron chi connectivity index (χ3n) is 4.10. The van der Waals surface area contributed by atoms with Gasteiger partial charge in [0.15, 0.2) is 0 Å². The lowest BCUT2D eigenvalue weighted by Crippen LogP contribution is -2.00. The summed E-state index contributed by atoms with van der Waals surface area (Å²) in [5, 5.41) is 4.61. The smallest absolute Gasteiger partial charge is 0.149 e. The molecule has 0 radical (unpaired) electrons. The molecule has 1 aliphatic rings. The van der Waals surface area contributed by atoms with E-state index in [2.05, 4.69) is 12.0 Å². The van der Waals surface area contributed by atoms with Gasteiger partial charge in [-0.15, -0.1) is 0 Å². The molecular weight excluding hydrogens is 277 g/mol. The second kappa shape index (κ2) is 4.77. The minimum atomic E-state index is -0.432. The van der Waals surface area contributed by atoms with Crippen molar-refractivity contribution in [2.45, 2.75) is 25.7 Å². The molecule has 1 heterocycles. The molecule has 0 saturated heterocycles. The highest BCUT2D eigenvalue weighted by molar-refractivity contribution is 6.31. The summed E-state index contributed by atoms with van der Waals surface area (Å²) in [5.41, 5.74) is 8.10. The van der Waals surface area contributed by atoms with E-state index in [-0.39, 0.29) is 10.9 Å². The maximum Gasteiger partial charge on any atom is 0.149 e. The van der Waals surface area contributed by atoms with Crippen LogP contribution in [0, 0.1) is 11.7 Å². The predicted molar refractivity (Wildman–Crippen MR) is 79.2 cm³/mol. The van der Waals surface area contributed by atoms with Gasteiger partial charge in [-0.3, -0.25) is 4.68 Å². The monoisotopic (exact) mass is 293 g/mol. The van der Waals surface area contributed by atoms with Crippen molar-refractivity contribution >= 4 is 17.4 Å². The van der Waals surface area contributed by atoms with Crippen molar-refractivity contribution in [2.24, 2.45) is 13.0 Å². The third kappa shape index (κ3) is 2.08. The number of aromatic nitrogens is 2. The lowest BCUT2D eigenvalue weighted by molar-refractivity contribution is 0.618. The van der Waals surface area contributed by atoms with Gasteiger partial charge in [-0.1, -0.05) is 30.7 Å². The Morgan fingerprint density at radius 3 is 2.80 bits per heavy atom. The summed E-state index contributed by atoms with van der Waals surface area (Å²) >= 11 is 5.89. The molecule has 3 nitrogen and oxygen atoms in total. The molecule has 3 rings (SSSR count). The number of benzene rings is 1. The molecule has 20 heavy (non-hydrogen) atoms. The summed E-state index contributed by atoms with van der Waals surface area (Å²) in [6, 6.07) is 4.98. The molecule has 0 bridgehead atoms. The molecule has 1 fully saturated rings.